The van der Waals surface area contributed by atoms with E-state index < -0.39 is 11.2 Å². The van der Waals surface area contributed by atoms with Crippen LogP contribution in [0.3, 0.4) is 0 Å². The average molecular weight is 385 g/mol. The fourth-order valence-electron chi connectivity index (χ4n) is 3.17. The van der Waals surface area contributed by atoms with E-state index in [-0.39, 0.29) is 29.7 Å². The number of ether oxygens (including phenoxy) is 1. The first kappa shape index (κ1) is 19.4. The second-order valence-corrected chi connectivity index (χ2v) is 6.55. The van der Waals surface area contributed by atoms with Crippen molar-refractivity contribution in [3.63, 3.8) is 0 Å². The number of aromatic nitrogens is 4. The number of benzene rings is 1. The molecule has 0 spiro atoms. The second kappa shape index (κ2) is 7.71. The Bertz CT molecular complexity index is 1120. The third-order valence-electron chi connectivity index (χ3n) is 4.79. The van der Waals surface area contributed by atoms with Crippen LogP contribution in [0.2, 0.25) is 0 Å². The van der Waals surface area contributed by atoms with Crippen LogP contribution < -0.4 is 21.3 Å². The average Bonchev–Trinajstić information content (AvgIpc) is 3.12. The smallest absolute Gasteiger partial charge is 0.332 e. The van der Waals surface area contributed by atoms with Gasteiger partial charge in [0.05, 0.1) is 19.5 Å². The van der Waals surface area contributed by atoms with Crippen LogP contribution in [0.4, 0.5) is 0 Å². The Hall–Kier alpha value is -3.36. The maximum absolute atomic E-state index is 12.6. The van der Waals surface area contributed by atoms with Gasteiger partial charge in [0.15, 0.2) is 11.2 Å². The fourth-order valence-corrected chi connectivity index (χ4v) is 3.17. The lowest BCUT2D eigenvalue weighted by Crippen LogP contribution is -2.38. The zero-order valence-corrected chi connectivity index (χ0v) is 16.3. The molecular weight excluding hydrogens is 362 g/mol. The van der Waals surface area contributed by atoms with Gasteiger partial charge < -0.3 is 14.6 Å². The zero-order valence-electron chi connectivity index (χ0n) is 16.3. The maximum atomic E-state index is 12.6. The Balaban J connectivity index is 1.84. The molecule has 1 unspecified atom stereocenters. The molecule has 0 saturated heterocycles. The number of amides is 1. The third-order valence-corrected chi connectivity index (χ3v) is 4.79. The highest BCUT2D eigenvalue weighted by molar-refractivity contribution is 5.79. The largest absolute Gasteiger partial charge is 0.497 e. The van der Waals surface area contributed by atoms with Gasteiger partial charge in [-0.25, -0.2) is 9.78 Å². The van der Waals surface area contributed by atoms with Crippen LogP contribution in [0.15, 0.2) is 40.2 Å². The van der Waals surface area contributed by atoms with Gasteiger partial charge in [-0.2, -0.15) is 0 Å². The number of carbonyl (C=O) groups is 1. The molecule has 28 heavy (non-hydrogen) atoms. The molecule has 148 valence electrons. The normalized spacial score (nSPS) is 12.1. The van der Waals surface area contributed by atoms with Crippen molar-refractivity contribution in [1.29, 1.82) is 0 Å². The number of nitrogens with zero attached hydrogens (tertiary/aromatic N) is 4. The number of rotatable bonds is 6. The summed E-state index contributed by atoms with van der Waals surface area (Å²) in [5.41, 5.74) is 0.495. The summed E-state index contributed by atoms with van der Waals surface area (Å²) in [5, 5.41) is 2.98. The van der Waals surface area contributed by atoms with Gasteiger partial charge in [-0.1, -0.05) is 19.1 Å². The predicted molar refractivity (Wildman–Crippen MR) is 104 cm³/mol. The summed E-state index contributed by atoms with van der Waals surface area (Å²) in [5.74, 6) is 0.495. The highest BCUT2D eigenvalue weighted by Crippen LogP contribution is 2.20. The van der Waals surface area contributed by atoms with E-state index in [9.17, 15) is 14.4 Å². The molecule has 0 aliphatic heterocycles. The van der Waals surface area contributed by atoms with E-state index in [1.54, 1.807) is 7.11 Å². The molecule has 0 saturated carbocycles. The number of hydrogen-bond donors (Lipinski definition) is 1. The molecule has 0 aliphatic carbocycles. The molecule has 1 aromatic carbocycles. The highest BCUT2D eigenvalue weighted by Gasteiger charge is 2.18. The number of methoxy groups -OCH3 is 1. The lowest BCUT2D eigenvalue weighted by Gasteiger charge is -2.18. The summed E-state index contributed by atoms with van der Waals surface area (Å²) in [6.07, 6.45) is 2.11. The van der Waals surface area contributed by atoms with Gasteiger partial charge in [0.2, 0.25) is 5.91 Å². The number of aryl methyl sites for hydroxylation is 1. The quantitative estimate of drug-likeness (QED) is 0.674. The van der Waals surface area contributed by atoms with Crippen LogP contribution in [0, 0.1) is 0 Å². The summed E-state index contributed by atoms with van der Waals surface area (Å²) in [4.78, 5) is 41.2. The summed E-state index contributed by atoms with van der Waals surface area (Å²) in [6, 6.07) is 7.34. The molecule has 9 nitrogen and oxygen atoms in total. The molecule has 2 aromatic heterocycles. The summed E-state index contributed by atoms with van der Waals surface area (Å²) in [6.45, 7) is 1.91. The Kier molecular flexibility index (Phi) is 5.34. The van der Waals surface area contributed by atoms with Crippen molar-refractivity contribution in [2.75, 3.05) is 7.11 Å². The maximum Gasteiger partial charge on any atom is 0.332 e. The van der Waals surface area contributed by atoms with Crippen molar-refractivity contribution >= 4 is 17.1 Å². The Morgan fingerprint density at radius 3 is 2.46 bits per heavy atom. The van der Waals surface area contributed by atoms with Crippen molar-refractivity contribution in [1.82, 2.24) is 24.0 Å². The molecule has 1 atom stereocenters. The number of carbonyl (C=O) groups excluding carboxylic acids is 1. The van der Waals surface area contributed by atoms with Gasteiger partial charge in [-0.3, -0.25) is 18.7 Å². The molecule has 0 radical (unpaired) electrons. The van der Waals surface area contributed by atoms with Gasteiger partial charge in [0.25, 0.3) is 5.56 Å². The third kappa shape index (κ3) is 3.42. The van der Waals surface area contributed by atoms with Crippen LogP contribution in [-0.2, 0) is 25.4 Å². The number of imidazole rings is 1. The standard InChI is InChI=1S/C19H23N5O4/c1-5-14(12-6-8-13(28-4)9-7-12)21-15(25)10-24-11-20-17-16(24)18(26)23(3)19(27)22(17)2/h6-9,11,14H,5,10H2,1-4H3,(H,21,25). The van der Waals surface area contributed by atoms with E-state index in [2.05, 4.69) is 10.3 Å². The first-order valence-corrected chi connectivity index (χ1v) is 8.91. The number of fused-ring (bicyclic) bond motifs is 1. The van der Waals surface area contributed by atoms with Gasteiger partial charge in [-0.05, 0) is 24.1 Å². The first-order chi connectivity index (χ1) is 13.4. The van der Waals surface area contributed by atoms with E-state index in [1.807, 2.05) is 31.2 Å². The molecule has 9 heteroatoms. The Labute approximate surface area is 161 Å². The topological polar surface area (TPSA) is 100 Å². The van der Waals surface area contributed by atoms with Crippen molar-refractivity contribution in [2.45, 2.75) is 25.9 Å². The SMILES string of the molecule is CCC(NC(=O)Cn1cnc2c1c(=O)n(C)c(=O)n2C)c1ccc(OC)cc1. The highest BCUT2D eigenvalue weighted by atomic mass is 16.5. The van der Waals surface area contributed by atoms with Crippen LogP contribution in [0.1, 0.15) is 24.9 Å². The molecular formula is C19H23N5O4. The minimum absolute atomic E-state index is 0.0728. The van der Waals surface area contributed by atoms with Gasteiger partial charge in [0.1, 0.15) is 12.3 Å². The zero-order chi connectivity index (χ0) is 20.4. The lowest BCUT2D eigenvalue weighted by atomic mass is 10.0. The van der Waals surface area contributed by atoms with Gasteiger partial charge in [0, 0.05) is 14.1 Å². The molecule has 3 rings (SSSR count). The van der Waals surface area contributed by atoms with E-state index in [0.717, 1.165) is 15.9 Å². The van der Waals surface area contributed by atoms with E-state index in [4.69, 9.17) is 4.74 Å². The molecule has 1 N–H and O–H groups in total. The Morgan fingerprint density at radius 1 is 1.18 bits per heavy atom. The van der Waals surface area contributed by atoms with Gasteiger partial charge in [-0.15, -0.1) is 0 Å². The number of nitrogens with one attached hydrogen (secondary N) is 1. The molecule has 2 heterocycles. The van der Waals surface area contributed by atoms with E-state index in [0.29, 0.717) is 6.42 Å². The van der Waals surface area contributed by atoms with E-state index >= 15 is 0 Å². The van der Waals surface area contributed by atoms with Crippen LogP contribution in [0.25, 0.3) is 11.2 Å². The first-order valence-electron chi connectivity index (χ1n) is 8.91. The molecule has 0 bridgehead atoms. The summed E-state index contributed by atoms with van der Waals surface area (Å²) < 4.78 is 8.92. The minimum atomic E-state index is -0.481. The van der Waals surface area contributed by atoms with Crippen molar-refractivity contribution in [3.05, 3.63) is 57.0 Å². The summed E-state index contributed by atoms with van der Waals surface area (Å²) >= 11 is 0. The monoisotopic (exact) mass is 385 g/mol. The molecule has 0 aliphatic rings. The van der Waals surface area contributed by atoms with Crippen LogP contribution in [-0.4, -0.2) is 31.7 Å². The van der Waals surface area contributed by atoms with E-state index in [1.165, 1.54) is 29.6 Å². The molecule has 1 amide bonds. The van der Waals surface area contributed by atoms with Crippen LogP contribution in [0.5, 0.6) is 5.75 Å². The summed E-state index contributed by atoms with van der Waals surface area (Å²) in [7, 11) is 4.54. The van der Waals surface area contributed by atoms with Gasteiger partial charge >= 0.3 is 5.69 Å². The molecule has 0 fully saturated rings. The van der Waals surface area contributed by atoms with Crippen molar-refractivity contribution in [3.8, 4) is 5.75 Å². The Morgan fingerprint density at radius 2 is 1.86 bits per heavy atom. The molecule has 3 aromatic rings. The van der Waals surface area contributed by atoms with Crippen LogP contribution >= 0.6 is 0 Å². The fraction of sp³-hybridized carbons (Fsp3) is 0.368. The van der Waals surface area contributed by atoms with Crippen molar-refractivity contribution < 1.29 is 9.53 Å². The number of hydrogen-bond acceptors (Lipinski definition) is 5. The minimum Gasteiger partial charge on any atom is -0.497 e. The lowest BCUT2D eigenvalue weighted by molar-refractivity contribution is -0.122. The predicted octanol–water partition coefficient (Wildman–Crippen LogP) is 0.710. The second-order valence-electron chi connectivity index (χ2n) is 6.55. The van der Waals surface area contributed by atoms with Crippen molar-refractivity contribution in [2.24, 2.45) is 14.1 Å².